The first-order valence-corrected chi connectivity index (χ1v) is 11.6. The molecule has 4 rings (SSSR count). The maximum absolute atomic E-state index is 13.2. The molecule has 1 saturated carbocycles. The molecule has 1 aliphatic carbocycles. The normalized spacial score (nSPS) is 14.2. The van der Waals surface area contributed by atoms with Crippen LogP contribution >= 0.6 is 22.9 Å². The van der Waals surface area contributed by atoms with E-state index in [2.05, 4.69) is 10.3 Å². The van der Waals surface area contributed by atoms with Gasteiger partial charge in [0, 0.05) is 28.4 Å². The molecule has 7 heteroatoms. The fourth-order valence-electron chi connectivity index (χ4n) is 3.75. The molecule has 0 bridgehead atoms. The average molecular weight is 455 g/mol. The highest BCUT2D eigenvalue weighted by Crippen LogP contribution is 2.37. The Labute approximate surface area is 190 Å². The quantitative estimate of drug-likeness (QED) is 0.454. The standard InChI is InChI=1S/C24H23ClN2O3S/c25-18-8-6-16(7-9-18)14-21(28)27-23-22(24(29)30-19-4-2-1-3-5-19)20(15-31-23)17-10-12-26-13-11-17/h6-13,15,19H,1-5,14H2,(H,27,28). The number of ether oxygens (including phenoxy) is 1. The van der Waals surface area contributed by atoms with E-state index < -0.39 is 0 Å². The zero-order valence-corrected chi connectivity index (χ0v) is 18.5. The molecule has 1 aliphatic rings. The molecule has 1 N–H and O–H groups in total. The summed E-state index contributed by atoms with van der Waals surface area (Å²) in [7, 11) is 0. The van der Waals surface area contributed by atoms with Gasteiger partial charge in [-0.3, -0.25) is 9.78 Å². The van der Waals surface area contributed by atoms with E-state index in [1.807, 2.05) is 29.6 Å². The molecule has 0 aliphatic heterocycles. The number of anilines is 1. The Kier molecular flexibility index (Phi) is 6.99. The van der Waals surface area contributed by atoms with E-state index in [1.165, 1.54) is 17.8 Å². The van der Waals surface area contributed by atoms with Crippen molar-refractivity contribution in [2.45, 2.75) is 44.6 Å². The van der Waals surface area contributed by atoms with Crippen LogP contribution in [0.3, 0.4) is 0 Å². The van der Waals surface area contributed by atoms with E-state index in [9.17, 15) is 9.59 Å². The lowest BCUT2D eigenvalue weighted by molar-refractivity contribution is -0.115. The highest BCUT2D eigenvalue weighted by molar-refractivity contribution is 7.15. The first kappa shape index (κ1) is 21.5. The minimum absolute atomic E-state index is 0.0657. The second kappa shape index (κ2) is 10.1. The van der Waals surface area contributed by atoms with E-state index in [0.717, 1.165) is 42.4 Å². The van der Waals surface area contributed by atoms with E-state index in [4.69, 9.17) is 16.3 Å². The maximum atomic E-state index is 13.2. The van der Waals surface area contributed by atoms with Crippen molar-refractivity contribution in [3.05, 3.63) is 70.3 Å². The van der Waals surface area contributed by atoms with Crippen molar-refractivity contribution in [3.63, 3.8) is 0 Å². The van der Waals surface area contributed by atoms with Crippen LogP contribution in [0.2, 0.25) is 5.02 Å². The third kappa shape index (κ3) is 5.51. The van der Waals surface area contributed by atoms with Gasteiger partial charge in [-0.1, -0.05) is 30.2 Å². The predicted molar refractivity (Wildman–Crippen MR) is 124 cm³/mol. The summed E-state index contributed by atoms with van der Waals surface area (Å²) in [6.07, 6.45) is 8.59. The molecule has 1 aromatic carbocycles. The summed E-state index contributed by atoms with van der Waals surface area (Å²) in [6, 6.07) is 10.8. The molecule has 1 amide bonds. The minimum Gasteiger partial charge on any atom is -0.459 e. The number of benzene rings is 1. The number of hydrogen-bond acceptors (Lipinski definition) is 5. The Hall–Kier alpha value is -2.70. The number of hydrogen-bond donors (Lipinski definition) is 1. The maximum Gasteiger partial charge on any atom is 0.342 e. The van der Waals surface area contributed by atoms with Crippen molar-refractivity contribution in [1.29, 1.82) is 0 Å². The van der Waals surface area contributed by atoms with Gasteiger partial charge in [-0.15, -0.1) is 11.3 Å². The van der Waals surface area contributed by atoms with Crippen LogP contribution in [-0.2, 0) is 16.0 Å². The molecule has 0 spiro atoms. The van der Waals surface area contributed by atoms with Crippen molar-refractivity contribution < 1.29 is 14.3 Å². The fraction of sp³-hybridized carbons (Fsp3) is 0.292. The third-order valence-electron chi connectivity index (χ3n) is 5.34. The summed E-state index contributed by atoms with van der Waals surface area (Å²) in [5, 5.41) is 5.92. The first-order chi connectivity index (χ1) is 15.1. The van der Waals surface area contributed by atoms with Crippen LogP contribution in [0.5, 0.6) is 0 Å². The molecule has 5 nitrogen and oxygen atoms in total. The number of pyridine rings is 1. The highest BCUT2D eigenvalue weighted by atomic mass is 35.5. The molecule has 2 aromatic heterocycles. The molecular formula is C24H23ClN2O3S. The van der Waals surface area contributed by atoms with Gasteiger partial charge in [0.15, 0.2) is 0 Å². The summed E-state index contributed by atoms with van der Waals surface area (Å²) in [4.78, 5) is 29.9. The number of nitrogens with zero attached hydrogens (tertiary/aromatic N) is 1. The first-order valence-electron chi connectivity index (χ1n) is 10.4. The summed E-state index contributed by atoms with van der Waals surface area (Å²) in [5.74, 6) is -0.584. The van der Waals surface area contributed by atoms with Crippen LogP contribution in [0.4, 0.5) is 5.00 Å². The zero-order chi connectivity index (χ0) is 21.6. The van der Waals surface area contributed by atoms with E-state index in [-0.39, 0.29) is 24.4 Å². The Balaban J connectivity index is 1.57. The highest BCUT2D eigenvalue weighted by Gasteiger charge is 2.26. The average Bonchev–Trinajstić information content (AvgIpc) is 3.20. The van der Waals surface area contributed by atoms with Gasteiger partial charge in [0.1, 0.15) is 16.7 Å². The van der Waals surface area contributed by atoms with Crippen molar-refractivity contribution in [1.82, 2.24) is 4.98 Å². The van der Waals surface area contributed by atoms with Crippen molar-refractivity contribution in [2.24, 2.45) is 0 Å². The van der Waals surface area contributed by atoms with Crippen molar-refractivity contribution >= 4 is 39.8 Å². The number of esters is 1. The molecule has 0 atom stereocenters. The molecule has 0 radical (unpaired) electrons. The van der Waals surface area contributed by atoms with Crippen molar-refractivity contribution in [3.8, 4) is 11.1 Å². The van der Waals surface area contributed by atoms with Gasteiger partial charge < -0.3 is 10.1 Å². The van der Waals surface area contributed by atoms with Crippen LogP contribution in [0.1, 0.15) is 48.0 Å². The smallest absolute Gasteiger partial charge is 0.342 e. The molecule has 1 fully saturated rings. The summed E-state index contributed by atoms with van der Waals surface area (Å²) in [6.45, 7) is 0. The topological polar surface area (TPSA) is 68.3 Å². The SMILES string of the molecule is O=C(Cc1ccc(Cl)cc1)Nc1scc(-c2ccncc2)c1C(=O)OC1CCCCC1. The van der Waals surface area contributed by atoms with Gasteiger partial charge in [0.2, 0.25) is 5.91 Å². The molecule has 2 heterocycles. The van der Waals surface area contributed by atoms with Gasteiger partial charge in [-0.25, -0.2) is 4.79 Å². The van der Waals surface area contributed by atoms with Gasteiger partial charge in [0.25, 0.3) is 0 Å². The van der Waals surface area contributed by atoms with E-state index in [1.54, 1.807) is 24.5 Å². The van der Waals surface area contributed by atoms with Crippen LogP contribution in [0.15, 0.2) is 54.2 Å². The lowest BCUT2D eigenvalue weighted by atomic mass is 9.97. The summed E-state index contributed by atoms with van der Waals surface area (Å²) < 4.78 is 5.84. The number of carbonyl (C=O) groups excluding carboxylic acids is 2. The largest absolute Gasteiger partial charge is 0.459 e. The molecule has 160 valence electrons. The van der Waals surface area contributed by atoms with E-state index in [0.29, 0.717) is 15.6 Å². The van der Waals surface area contributed by atoms with Crippen LogP contribution < -0.4 is 5.32 Å². The number of amides is 1. The minimum atomic E-state index is -0.387. The summed E-state index contributed by atoms with van der Waals surface area (Å²) in [5.41, 5.74) is 2.86. The second-order valence-corrected chi connectivity index (χ2v) is 8.92. The van der Waals surface area contributed by atoms with Crippen LogP contribution in [0, 0.1) is 0 Å². The molecule has 3 aromatic rings. The predicted octanol–water partition coefficient (Wildman–Crippen LogP) is 6.13. The lowest BCUT2D eigenvalue weighted by Gasteiger charge is -2.22. The zero-order valence-electron chi connectivity index (χ0n) is 17.0. The summed E-state index contributed by atoms with van der Waals surface area (Å²) >= 11 is 7.25. The van der Waals surface area contributed by atoms with Gasteiger partial charge in [0.05, 0.1) is 6.42 Å². The number of rotatable bonds is 6. The lowest BCUT2D eigenvalue weighted by Crippen LogP contribution is -2.22. The number of carbonyl (C=O) groups is 2. The monoisotopic (exact) mass is 454 g/mol. The number of halogens is 1. The number of nitrogens with one attached hydrogen (secondary N) is 1. The number of thiophene rings is 1. The molecule has 0 unspecified atom stereocenters. The fourth-order valence-corrected chi connectivity index (χ4v) is 4.85. The van der Waals surface area contributed by atoms with Crippen LogP contribution in [0.25, 0.3) is 11.1 Å². The van der Waals surface area contributed by atoms with Gasteiger partial charge in [-0.05, 0) is 61.1 Å². The molecular weight excluding hydrogens is 432 g/mol. The second-order valence-electron chi connectivity index (χ2n) is 7.61. The Morgan fingerprint density at radius 1 is 1.06 bits per heavy atom. The molecule has 31 heavy (non-hydrogen) atoms. The van der Waals surface area contributed by atoms with Crippen LogP contribution in [-0.4, -0.2) is 23.0 Å². The van der Waals surface area contributed by atoms with Crippen molar-refractivity contribution in [2.75, 3.05) is 5.32 Å². The van der Waals surface area contributed by atoms with Gasteiger partial charge >= 0.3 is 5.97 Å². The van der Waals surface area contributed by atoms with E-state index >= 15 is 0 Å². The Morgan fingerprint density at radius 2 is 1.77 bits per heavy atom. The Bertz CT molecular complexity index is 1040. The number of aromatic nitrogens is 1. The third-order valence-corrected chi connectivity index (χ3v) is 6.49. The Morgan fingerprint density at radius 3 is 2.48 bits per heavy atom. The molecule has 0 saturated heterocycles. The van der Waals surface area contributed by atoms with Gasteiger partial charge in [-0.2, -0.15) is 0 Å².